The predicted molar refractivity (Wildman–Crippen MR) is 80.2 cm³/mol. The lowest BCUT2D eigenvalue weighted by atomic mass is 10.0. The highest BCUT2D eigenvalue weighted by molar-refractivity contribution is 6.32. The zero-order chi connectivity index (χ0) is 15.0. The number of nitrogen functional groups attached to an aromatic ring is 1. The number of anilines is 1. The zero-order valence-electron chi connectivity index (χ0n) is 10.8. The van der Waals surface area contributed by atoms with Crippen LogP contribution in [0.2, 0.25) is 10.0 Å². The number of ether oxygens (including phenoxy) is 2. The molecule has 1 aromatic heterocycles. The molecule has 0 spiro atoms. The van der Waals surface area contributed by atoms with Crippen molar-refractivity contribution in [2.45, 2.75) is 6.10 Å². The summed E-state index contributed by atoms with van der Waals surface area (Å²) in [5.74, 6) is 1.19. The molecule has 2 aromatic rings. The minimum absolute atomic E-state index is 0.206. The summed E-state index contributed by atoms with van der Waals surface area (Å²) in [6.07, 6.45) is 0.411. The summed E-state index contributed by atoms with van der Waals surface area (Å²) >= 11 is 12.1. The molecular weight excluding hydrogens is 315 g/mol. The molecule has 1 aromatic carbocycles. The molecule has 7 heteroatoms. The molecule has 0 saturated heterocycles. The number of nitrogens with two attached hydrogens (primary N) is 1. The van der Waals surface area contributed by atoms with Gasteiger partial charge in [0.25, 0.3) is 0 Å². The highest BCUT2D eigenvalue weighted by Gasteiger charge is 2.22. The van der Waals surface area contributed by atoms with Gasteiger partial charge >= 0.3 is 0 Å². The van der Waals surface area contributed by atoms with Crippen molar-refractivity contribution in [2.24, 2.45) is 0 Å². The van der Waals surface area contributed by atoms with E-state index in [-0.39, 0.29) is 5.82 Å². The van der Waals surface area contributed by atoms with E-state index < -0.39 is 6.10 Å². The molecule has 0 amide bonds. The van der Waals surface area contributed by atoms with E-state index >= 15 is 0 Å². The maximum atomic E-state index is 10.5. The van der Waals surface area contributed by atoms with Gasteiger partial charge in [-0.25, -0.2) is 4.98 Å². The lowest BCUT2D eigenvalue weighted by Crippen LogP contribution is -2.16. The van der Waals surface area contributed by atoms with Crippen LogP contribution in [-0.2, 0) is 0 Å². The number of fused-ring (bicyclic) bond motifs is 1. The number of aliphatic hydroxyl groups excluding tert-OH is 1. The van der Waals surface area contributed by atoms with Crippen LogP contribution >= 0.6 is 23.2 Å². The van der Waals surface area contributed by atoms with Gasteiger partial charge in [0.05, 0.1) is 10.0 Å². The Morgan fingerprint density at radius 3 is 2.76 bits per heavy atom. The Kier molecular flexibility index (Phi) is 3.80. The number of pyridine rings is 1. The lowest BCUT2D eigenvalue weighted by Gasteiger charge is -2.22. The zero-order valence-corrected chi connectivity index (χ0v) is 12.4. The molecular formula is C14H12Cl2N2O3. The largest absolute Gasteiger partial charge is 0.486 e. The molecule has 1 aliphatic rings. The van der Waals surface area contributed by atoms with Gasteiger partial charge in [-0.3, -0.25) is 0 Å². The molecule has 1 aliphatic heterocycles. The third kappa shape index (κ3) is 2.72. The average Bonchev–Trinajstić information content (AvgIpc) is 2.49. The third-order valence-electron chi connectivity index (χ3n) is 3.15. The van der Waals surface area contributed by atoms with Gasteiger partial charge in [-0.2, -0.15) is 0 Å². The predicted octanol–water partition coefficient (Wildman–Crippen LogP) is 2.82. The van der Waals surface area contributed by atoms with E-state index in [9.17, 15) is 5.11 Å². The fraction of sp³-hybridized carbons (Fsp3) is 0.214. The first-order valence-electron chi connectivity index (χ1n) is 6.24. The minimum Gasteiger partial charge on any atom is -0.486 e. The second-order valence-corrected chi connectivity index (χ2v) is 5.40. The fourth-order valence-electron chi connectivity index (χ4n) is 2.15. The second-order valence-electron chi connectivity index (χ2n) is 4.56. The van der Waals surface area contributed by atoms with Crippen LogP contribution in [0, 0.1) is 0 Å². The van der Waals surface area contributed by atoms with Crippen LogP contribution in [0.1, 0.15) is 17.2 Å². The van der Waals surface area contributed by atoms with Crippen LogP contribution in [-0.4, -0.2) is 23.3 Å². The standard InChI is InChI=1S/C14H12Cl2N2O3/c15-8-5-9(14(17)18-6-8)12(19)7-3-10(16)13-11(4-7)20-1-2-21-13/h3-6,12,19H,1-2H2,(H2,17,18). The van der Waals surface area contributed by atoms with Crippen molar-refractivity contribution < 1.29 is 14.6 Å². The molecule has 3 rings (SSSR count). The summed E-state index contributed by atoms with van der Waals surface area (Å²) in [5.41, 5.74) is 6.72. The van der Waals surface area contributed by atoms with Crippen molar-refractivity contribution in [3.63, 3.8) is 0 Å². The molecule has 1 atom stereocenters. The van der Waals surface area contributed by atoms with Crippen molar-refractivity contribution in [1.29, 1.82) is 0 Å². The molecule has 1 unspecified atom stereocenters. The average molecular weight is 327 g/mol. The van der Waals surface area contributed by atoms with Crippen LogP contribution in [0.4, 0.5) is 5.82 Å². The van der Waals surface area contributed by atoms with E-state index in [0.29, 0.717) is 45.9 Å². The number of nitrogens with zero attached hydrogens (tertiary/aromatic N) is 1. The molecule has 2 heterocycles. The normalized spacial score (nSPS) is 14.8. The molecule has 3 N–H and O–H groups in total. The Hall–Kier alpha value is -1.69. The second kappa shape index (κ2) is 5.60. The summed E-state index contributed by atoms with van der Waals surface area (Å²) in [4.78, 5) is 3.93. The molecule has 21 heavy (non-hydrogen) atoms. The lowest BCUT2D eigenvalue weighted by molar-refractivity contribution is 0.170. The molecule has 0 fully saturated rings. The van der Waals surface area contributed by atoms with Crippen LogP contribution < -0.4 is 15.2 Å². The van der Waals surface area contributed by atoms with Crippen molar-refractivity contribution in [3.05, 3.63) is 45.6 Å². The molecule has 0 radical (unpaired) electrons. The molecule has 110 valence electrons. The first-order chi connectivity index (χ1) is 10.1. The topological polar surface area (TPSA) is 77.6 Å². The van der Waals surface area contributed by atoms with Crippen LogP contribution in [0.15, 0.2) is 24.4 Å². The van der Waals surface area contributed by atoms with Gasteiger partial charge in [0.1, 0.15) is 25.1 Å². The number of rotatable bonds is 2. The number of hydrogen-bond donors (Lipinski definition) is 2. The highest BCUT2D eigenvalue weighted by Crippen LogP contribution is 2.41. The van der Waals surface area contributed by atoms with E-state index in [1.54, 1.807) is 18.2 Å². The summed E-state index contributed by atoms with van der Waals surface area (Å²) < 4.78 is 10.9. The van der Waals surface area contributed by atoms with Crippen molar-refractivity contribution in [1.82, 2.24) is 4.98 Å². The summed E-state index contributed by atoms with van der Waals surface area (Å²) in [6.45, 7) is 0.878. The van der Waals surface area contributed by atoms with Gasteiger partial charge in [-0.05, 0) is 23.8 Å². The SMILES string of the molecule is Nc1ncc(Cl)cc1C(O)c1cc(Cl)c2c(c1)OCCO2. The van der Waals surface area contributed by atoms with Crippen molar-refractivity contribution in [2.75, 3.05) is 18.9 Å². The van der Waals surface area contributed by atoms with Gasteiger partial charge in [0.2, 0.25) is 0 Å². The summed E-state index contributed by atoms with van der Waals surface area (Å²) in [6, 6.07) is 4.85. The number of benzene rings is 1. The molecule has 5 nitrogen and oxygen atoms in total. The highest BCUT2D eigenvalue weighted by atomic mass is 35.5. The van der Waals surface area contributed by atoms with E-state index in [4.69, 9.17) is 38.4 Å². The number of aromatic nitrogens is 1. The van der Waals surface area contributed by atoms with E-state index in [1.807, 2.05) is 0 Å². The first kappa shape index (κ1) is 14.3. The maximum Gasteiger partial charge on any atom is 0.179 e. The summed E-state index contributed by atoms with van der Waals surface area (Å²) in [7, 11) is 0. The van der Waals surface area contributed by atoms with Crippen LogP contribution in [0.5, 0.6) is 11.5 Å². The maximum absolute atomic E-state index is 10.5. The van der Waals surface area contributed by atoms with E-state index in [1.165, 1.54) is 6.20 Å². The number of halogens is 2. The van der Waals surface area contributed by atoms with Crippen molar-refractivity contribution >= 4 is 29.0 Å². The Bertz CT molecular complexity index is 694. The Morgan fingerprint density at radius 1 is 1.19 bits per heavy atom. The van der Waals surface area contributed by atoms with E-state index in [0.717, 1.165) is 0 Å². The van der Waals surface area contributed by atoms with Crippen molar-refractivity contribution in [3.8, 4) is 11.5 Å². The summed E-state index contributed by atoms with van der Waals surface area (Å²) in [5, 5.41) is 11.3. The Morgan fingerprint density at radius 2 is 1.95 bits per heavy atom. The number of aliphatic hydroxyl groups is 1. The van der Waals surface area contributed by atoms with E-state index in [2.05, 4.69) is 4.98 Å². The fourth-order valence-corrected chi connectivity index (χ4v) is 2.59. The van der Waals surface area contributed by atoms with Gasteiger partial charge in [-0.15, -0.1) is 0 Å². The smallest absolute Gasteiger partial charge is 0.179 e. The molecule has 0 aliphatic carbocycles. The Balaban J connectivity index is 2.03. The van der Waals surface area contributed by atoms with Gasteiger partial charge in [-0.1, -0.05) is 23.2 Å². The van der Waals surface area contributed by atoms with Gasteiger partial charge < -0.3 is 20.3 Å². The van der Waals surface area contributed by atoms with Crippen LogP contribution in [0.3, 0.4) is 0 Å². The Labute approximate surface area is 131 Å². The number of hydrogen-bond acceptors (Lipinski definition) is 5. The quantitative estimate of drug-likeness (QED) is 0.887. The third-order valence-corrected chi connectivity index (χ3v) is 3.63. The molecule has 0 saturated carbocycles. The van der Waals surface area contributed by atoms with Crippen LogP contribution in [0.25, 0.3) is 0 Å². The molecule has 0 bridgehead atoms. The monoisotopic (exact) mass is 326 g/mol. The first-order valence-corrected chi connectivity index (χ1v) is 7.00. The van der Waals surface area contributed by atoms with Gasteiger partial charge in [0, 0.05) is 11.8 Å². The minimum atomic E-state index is -1.01. The van der Waals surface area contributed by atoms with Gasteiger partial charge in [0.15, 0.2) is 11.5 Å².